The SMILES string of the molecule is CN=C(NCCCOCC1CCOC1)NC(C)c1cccc(N2CCCC2)c1.I. The molecule has 2 atom stereocenters. The van der Waals surface area contributed by atoms with Gasteiger partial charge in [-0.15, -0.1) is 24.0 Å². The van der Waals surface area contributed by atoms with E-state index in [0.29, 0.717) is 5.92 Å². The number of nitrogens with zero attached hydrogens (tertiary/aromatic N) is 2. The first-order valence-electron chi connectivity index (χ1n) is 10.7. The van der Waals surface area contributed by atoms with E-state index in [1.54, 1.807) is 0 Å². The molecule has 29 heavy (non-hydrogen) atoms. The number of nitrogens with one attached hydrogen (secondary N) is 2. The van der Waals surface area contributed by atoms with Crippen LogP contribution in [0.1, 0.15) is 44.2 Å². The molecule has 0 aliphatic carbocycles. The molecule has 1 aromatic carbocycles. The molecule has 7 heteroatoms. The minimum Gasteiger partial charge on any atom is -0.381 e. The molecule has 2 aliphatic heterocycles. The second-order valence-electron chi connectivity index (χ2n) is 7.81. The highest BCUT2D eigenvalue weighted by Crippen LogP contribution is 2.23. The van der Waals surface area contributed by atoms with Crippen LogP contribution in [0, 0.1) is 5.92 Å². The first-order chi connectivity index (χ1) is 13.8. The first kappa shape index (κ1) is 24.2. The van der Waals surface area contributed by atoms with Gasteiger partial charge in [-0.3, -0.25) is 4.99 Å². The van der Waals surface area contributed by atoms with Crippen LogP contribution in [0.5, 0.6) is 0 Å². The van der Waals surface area contributed by atoms with Crippen molar-refractivity contribution in [3.63, 3.8) is 0 Å². The van der Waals surface area contributed by atoms with Gasteiger partial charge >= 0.3 is 0 Å². The molecule has 2 aliphatic rings. The first-order valence-corrected chi connectivity index (χ1v) is 10.7. The molecule has 3 rings (SSSR count). The molecule has 0 bridgehead atoms. The topological polar surface area (TPSA) is 58.1 Å². The van der Waals surface area contributed by atoms with Gasteiger partial charge in [-0.05, 0) is 50.3 Å². The number of guanidine groups is 1. The third-order valence-corrected chi connectivity index (χ3v) is 5.55. The minimum absolute atomic E-state index is 0. The van der Waals surface area contributed by atoms with Crippen LogP contribution in [0.4, 0.5) is 5.69 Å². The number of hydrogen-bond acceptors (Lipinski definition) is 4. The van der Waals surface area contributed by atoms with Crippen molar-refractivity contribution in [1.29, 1.82) is 0 Å². The molecule has 0 aromatic heterocycles. The minimum atomic E-state index is 0. The summed E-state index contributed by atoms with van der Waals surface area (Å²) in [7, 11) is 1.82. The van der Waals surface area contributed by atoms with Crippen molar-refractivity contribution < 1.29 is 9.47 Å². The van der Waals surface area contributed by atoms with Crippen LogP contribution in [-0.2, 0) is 9.47 Å². The molecule has 164 valence electrons. The summed E-state index contributed by atoms with van der Waals surface area (Å²) >= 11 is 0. The Labute approximate surface area is 192 Å². The molecule has 1 aromatic rings. The zero-order valence-electron chi connectivity index (χ0n) is 17.9. The average molecular weight is 516 g/mol. The molecule has 0 amide bonds. The van der Waals surface area contributed by atoms with Gasteiger partial charge in [0, 0.05) is 51.5 Å². The summed E-state index contributed by atoms with van der Waals surface area (Å²) in [6, 6.07) is 9.06. The van der Waals surface area contributed by atoms with Crippen LogP contribution in [-0.4, -0.2) is 59.1 Å². The van der Waals surface area contributed by atoms with Crippen molar-refractivity contribution in [2.75, 3.05) is 58.0 Å². The molecule has 0 saturated carbocycles. The predicted molar refractivity (Wildman–Crippen MR) is 131 cm³/mol. The van der Waals surface area contributed by atoms with Gasteiger partial charge in [0.2, 0.25) is 0 Å². The van der Waals surface area contributed by atoms with E-state index < -0.39 is 0 Å². The smallest absolute Gasteiger partial charge is 0.191 e. The van der Waals surface area contributed by atoms with Gasteiger partial charge in [0.15, 0.2) is 5.96 Å². The normalized spacial score (nSPS) is 20.4. The van der Waals surface area contributed by atoms with Crippen molar-refractivity contribution in [3.8, 4) is 0 Å². The third kappa shape index (κ3) is 7.94. The predicted octanol–water partition coefficient (Wildman–Crippen LogP) is 3.57. The largest absolute Gasteiger partial charge is 0.381 e. The van der Waals surface area contributed by atoms with Gasteiger partial charge in [-0.2, -0.15) is 0 Å². The van der Waals surface area contributed by atoms with E-state index in [1.165, 1.54) is 37.2 Å². The number of ether oxygens (including phenoxy) is 2. The number of anilines is 1. The quantitative estimate of drug-likeness (QED) is 0.228. The molecular formula is C22H37IN4O2. The lowest BCUT2D eigenvalue weighted by molar-refractivity contribution is 0.0888. The molecule has 2 heterocycles. The summed E-state index contributed by atoms with van der Waals surface area (Å²) in [5, 5.41) is 6.89. The van der Waals surface area contributed by atoms with Crippen molar-refractivity contribution in [1.82, 2.24) is 10.6 Å². The van der Waals surface area contributed by atoms with Gasteiger partial charge < -0.3 is 25.0 Å². The summed E-state index contributed by atoms with van der Waals surface area (Å²) in [6.07, 6.45) is 4.69. The van der Waals surface area contributed by atoms with Gasteiger partial charge in [0.25, 0.3) is 0 Å². The Bertz CT molecular complexity index is 617. The van der Waals surface area contributed by atoms with Crippen molar-refractivity contribution >= 4 is 35.6 Å². The van der Waals surface area contributed by atoms with Crippen LogP contribution < -0.4 is 15.5 Å². The lowest BCUT2D eigenvalue weighted by atomic mass is 10.1. The van der Waals surface area contributed by atoms with Crippen LogP contribution >= 0.6 is 24.0 Å². The maximum atomic E-state index is 5.76. The molecular weight excluding hydrogens is 479 g/mol. The standard InChI is InChI=1S/C22H36N4O2.HI/c1-18(20-7-5-8-21(15-20)26-11-3-4-12-26)25-22(23-2)24-10-6-13-27-16-19-9-14-28-17-19;/h5,7-8,15,18-19H,3-4,6,9-14,16-17H2,1-2H3,(H2,23,24,25);1H. The highest BCUT2D eigenvalue weighted by Gasteiger charge is 2.16. The molecule has 0 spiro atoms. The maximum absolute atomic E-state index is 5.76. The Balaban J connectivity index is 0.00000300. The van der Waals surface area contributed by atoms with Crippen molar-refractivity contribution in [3.05, 3.63) is 29.8 Å². The van der Waals surface area contributed by atoms with E-state index in [4.69, 9.17) is 9.47 Å². The molecule has 2 unspecified atom stereocenters. The van der Waals surface area contributed by atoms with Crippen molar-refractivity contribution in [2.24, 2.45) is 10.9 Å². The molecule has 2 N–H and O–H groups in total. The van der Waals surface area contributed by atoms with E-state index in [1.807, 2.05) is 7.05 Å². The van der Waals surface area contributed by atoms with Gasteiger partial charge in [-0.1, -0.05) is 12.1 Å². The van der Waals surface area contributed by atoms with E-state index in [-0.39, 0.29) is 30.0 Å². The zero-order valence-corrected chi connectivity index (χ0v) is 20.2. The van der Waals surface area contributed by atoms with E-state index in [2.05, 4.69) is 51.7 Å². The van der Waals surface area contributed by atoms with E-state index in [0.717, 1.165) is 51.8 Å². The number of aliphatic imine (C=N–C) groups is 1. The lowest BCUT2D eigenvalue weighted by Crippen LogP contribution is -2.39. The molecule has 2 saturated heterocycles. The summed E-state index contributed by atoms with van der Waals surface area (Å²) < 4.78 is 11.1. The van der Waals surface area contributed by atoms with Crippen molar-refractivity contribution in [2.45, 2.75) is 38.6 Å². The van der Waals surface area contributed by atoms with Gasteiger partial charge in [-0.25, -0.2) is 0 Å². The van der Waals surface area contributed by atoms with Crippen LogP contribution in [0.15, 0.2) is 29.3 Å². The monoisotopic (exact) mass is 516 g/mol. The fraction of sp³-hybridized carbons (Fsp3) is 0.682. The maximum Gasteiger partial charge on any atom is 0.191 e. The van der Waals surface area contributed by atoms with Crippen LogP contribution in [0.2, 0.25) is 0 Å². The molecule has 6 nitrogen and oxygen atoms in total. The number of hydrogen-bond donors (Lipinski definition) is 2. The summed E-state index contributed by atoms with van der Waals surface area (Å²) in [6.45, 7) is 8.70. The Morgan fingerprint density at radius 2 is 2.17 bits per heavy atom. The fourth-order valence-corrected chi connectivity index (χ4v) is 3.80. The van der Waals surface area contributed by atoms with Crippen LogP contribution in [0.25, 0.3) is 0 Å². The number of rotatable bonds is 9. The average Bonchev–Trinajstić information content (AvgIpc) is 3.44. The van der Waals surface area contributed by atoms with Gasteiger partial charge in [0.05, 0.1) is 19.3 Å². The summed E-state index contributed by atoms with van der Waals surface area (Å²) in [5.41, 5.74) is 2.62. The highest BCUT2D eigenvalue weighted by atomic mass is 127. The Morgan fingerprint density at radius 3 is 2.90 bits per heavy atom. The summed E-state index contributed by atoms with van der Waals surface area (Å²) in [5.74, 6) is 1.42. The van der Waals surface area contributed by atoms with Crippen LogP contribution in [0.3, 0.4) is 0 Å². The summed E-state index contributed by atoms with van der Waals surface area (Å²) in [4.78, 5) is 6.83. The van der Waals surface area contributed by atoms with E-state index >= 15 is 0 Å². The zero-order chi connectivity index (χ0) is 19.6. The van der Waals surface area contributed by atoms with E-state index in [9.17, 15) is 0 Å². The fourth-order valence-electron chi connectivity index (χ4n) is 3.80. The molecule has 2 fully saturated rings. The number of halogens is 1. The second-order valence-corrected chi connectivity index (χ2v) is 7.81. The third-order valence-electron chi connectivity index (χ3n) is 5.55. The lowest BCUT2D eigenvalue weighted by Gasteiger charge is -2.22. The van der Waals surface area contributed by atoms with Gasteiger partial charge in [0.1, 0.15) is 0 Å². The highest BCUT2D eigenvalue weighted by molar-refractivity contribution is 14.0. The Morgan fingerprint density at radius 1 is 1.34 bits per heavy atom. The number of benzene rings is 1. The molecule has 0 radical (unpaired) electrons. The Kier molecular flexibility index (Phi) is 11.1. The Hall–Kier alpha value is -1.06. The second kappa shape index (κ2) is 13.3.